The van der Waals surface area contributed by atoms with Gasteiger partial charge >= 0.3 is 5.97 Å². The molecule has 7 heteroatoms. The van der Waals surface area contributed by atoms with E-state index in [4.69, 9.17) is 9.26 Å². The summed E-state index contributed by atoms with van der Waals surface area (Å²) in [6, 6.07) is 5.07. The minimum atomic E-state index is -1.00. The second-order valence-corrected chi connectivity index (χ2v) is 4.69. The van der Waals surface area contributed by atoms with Crippen LogP contribution in [0.4, 0.5) is 5.69 Å². The van der Waals surface area contributed by atoms with Crippen molar-refractivity contribution >= 4 is 11.7 Å². The molecule has 7 nitrogen and oxygen atoms in total. The quantitative estimate of drug-likeness (QED) is 0.916. The molecule has 0 spiro atoms. The number of fused-ring (bicyclic) bond motifs is 1. The molecule has 3 rings (SSSR count). The van der Waals surface area contributed by atoms with Crippen molar-refractivity contribution in [2.45, 2.75) is 19.9 Å². The number of aromatic carboxylic acids is 1. The van der Waals surface area contributed by atoms with Crippen LogP contribution < -0.4 is 9.64 Å². The van der Waals surface area contributed by atoms with E-state index < -0.39 is 5.97 Å². The first-order chi connectivity index (χ1) is 10.2. The normalized spacial score (nSPS) is 13.7. The summed E-state index contributed by atoms with van der Waals surface area (Å²) >= 11 is 0. The highest BCUT2D eigenvalue weighted by Crippen LogP contribution is 2.35. The smallest absolute Gasteiger partial charge is 0.339 e. The molecule has 110 valence electrons. The number of carboxylic acid groups (broad SMARTS) is 1. The minimum Gasteiger partial charge on any atom is -0.489 e. The van der Waals surface area contributed by atoms with Gasteiger partial charge in [0.05, 0.1) is 18.8 Å². The summed E-state index contributed by atoms with van der Waals surface area (Å²) in [5.41, 5.74) is 0.898. The van der Waals surface area contributed by atoms with Crippen LogP contribution in [0, 0.1) is 0 Å². The van der Waals surface area contributed by atoms with E-state index in [-0.39, 0.29) is 5.56 Å². The summed E-state index contributed by atoms with van der Waals surface area (Å²) in [7, 11) is 0. The molecule has 1 aliphatic rings. The number of hydrogen-bond donors (Lipinski definition) is 1. The van der Waals surface area contributed by atoms with Gasteiger partial charge in [-0.15, -0.1) is 0 Å². The Balaban J connectivity index is 1.90. The topological polar surface area (TPSA) is 88.7 Å². The minimum absolute atomic E-state index is 0.164. The number of nitrogens with zero attached hydrogens (tertiary/aromatic N) is 3. The maximum atomic E-state index is 11.2. The van der Waals surface area contributed by atoms with E-state index in [0.29, 0.717) is 43.6 Å². The number of aromatic nitrogens is 2. The molecular weight excluding hydrogens is 274 g/mol. The average molecular weight is 289 g/mol. The molecule has 1 aromatic carbocycles. The van der Waals surface area contributed by atoms with Crippen molar-refractivity contribution in [3.05, 3.63) is 35.5 Å². The van der Waals surface area contributed by atoms with Crippen molar-refractivity contribution < 1.29 is 19.2 Å². The van der Waals surface area contributed by atoms with Crippen LogP contribution in [0.5, 0.6) is 5.75 Å². The van der Waals surface area contributed by atoms with Crippen molar-refractivity contribution in [2.24, 2.45) is 0 Å². The Morgan fingerprint density at radius 3 is 3.05 bits per heavy atom. The van der Waals surface area contributed by atoms with Crippen LogP contribution in [0.25, 0.3) is 0 Å². The molecule has 0 saturated carbocycles. The van der Waals surface area contributed by atoms with Crippen LogP contribution in [-0.2, 0) is 13.0 Å². The molecule has 0 atom stereocenters. The number of carboxylic acids is 1. The fraction of sp³-hybridized carbons (Fsp3) is 0.357. The molecule has 1 aliphatic heterocycles. The standard InChI is InChI=1S/C14H15N3O4/c1-2-11-15-12(21-16-11)8-17-6-7-20-13-9(14(18)19)4-3-5-10(13)17/h3-5H,2,6-8H2,1H3,(H,18,19). The predicted octanol–water partition coefficient (Wildman–Crippen LogP) is 1.73. The third-order valence-electron chi connectivity index (χ3n) is 3.33. The number of benzene rings is 1. The zero-order chi connectivity index (χ0) is 14.8. The van der Waals surface area contributed by atoms with Gasteiger partial charge in [0.25, 0.3) is 0 Å². The van der Waals surface area contributed by atoms with Crippen LogP contribution in [0.2, 0.25) is 0 Å². The average Bonchev–Trinajstić information content (AvgIpc) is 2.94. The Morgan fingerprint density at radius 2 is 2.33 bits per heavy atom. The van der Waals surface area contributed by atoms with Gasteiger partial charge in [-0.2, -0.15) is 4.98 Å². The van der Waals surface area contributed by atoms with E-state index in [2.05, 4.69) is 10.1 Å². The van der Waals surface area contributed by atoms with Crippen molar-refractivity contribution in [1.29, 1.82) is 0 Å². The van der Waals surface area contributed by atoms with Gasteiger partial charge in [0.15, 0.2) is 11.6 Å². The third-order valence-corrected chi connectivity index (χ3v) is 3.33. The molecule has 21 heavy (non-hydrogen) atoms. The van der Waals surface area contributed by atoms with Crippen LogP contribution in [-0.4, -0.2) is 34.4 Å². The maximum Gasteiger partial charge on any atom is 0.339 e. The molecule has 1 aromatic heterocycles. The number of rotatable bonds is 4. The van der Waals surface area contributed by atoms with E-state index >= 15 is 0 Å². The molecule has 0 aliphatic carbocycles. The summed E-state index contributed by atoms with van der Waals surface area (Å²) < 4.78 is 10.7. The Bertz CT molecular complexity index is 668. The van der Waals surface area contributed by atoms with Gasteiger partial charge in [-0.1, -0.05) is 18.1 Å². The Hall–Kier alpha value is -2.57. The lowest BCUT2D eigenvalue weighted by Crippen LogP contribution is -2.33. The molecule has 0 saturated heterocycles. The predicted molar refractivity (Wildman–Crippen MR) is 73.6 cm³/mol. The molecule has 0 bridgehead atoms. The van der Waals surface area contributed by atoms with Gasteiger partial charge in [-0.3, -0.25) is 0 Å². The van der Waals surface area contributed by atoms with Gasteiger partial charge in [0, 0.05) is 6.42 Å². The summed E-state index contributed by atoms with van der Waals surface area (Å²) in [4.78, 5) is 17.5. The molecule has 0 unspecified atom stereocenters. The lowest BCUT2D eigenvalue weighted by atomic mass is 10.1. The lowest BCUT2D eigenvalue weighted by Gasteiger charge is -2.30. The SMILES string of the molecule is CCc1noc(CN2CCOc3c(C(=O)O)cccc32)n1. The van der Waals surface area contributed by atoms with Crippen LogP contribution >= 0.6 is 0 Å². The number of hydrogen-bond acceptors (Lipinski definition) is 6. The number of anilines is 1. The van der Waals surface area contributed by atoms with Gasteiger partial charge in [-0.05, 0) is 12.1 Å². The number of aryl methyl sites for hydroxylation is 1. The third kappa shape index (κ3) is 2.54. The zero-order valence-electron chi connectivity index (χ0n) is 11.6. The van der Waals surface area contributed by atoms with E-state index in [9.17, 15) is 9.90 Å². The van der Waals surface area contributed by atoms with Crippen LogP contribution in [0.15, 0.2) is 22.7 Å². The van der Waals surface area contributed by atoms with Gasteiger partial charge in [0.2, 0.25) is 5.89 Å². The molecule has 0 radical (unpaired) electrons. The van der Waals surface area contributed by atoms with Crippen LogP contribution in [0.1, 0.15) is 29.0 Å². The summed E-state index contributed by atoms with van der Waals surface area (Å²) in [6.45, 7) is 3.45. The second-order valence-electron chi connectivity index (χ2n) is 4.69. The monoisotopic (exact) mass is 289 g/mol. The second kappa shape index (κ2) is 5.43. The van der Waals surface area contributed by atoms with E-state index in [1.54, 1.807) is 6.07 Å². The zero-order valence-corrected chi connectivity index (χ0v) is 11.6. The summed E-state index contributed by atoms with van der Waals surface area (Å²) in [5, 5.41) is 13.1. The van der Waals surface area contributed by atoms with E-state index in [1.807, 2.05) is 17.9 Å². The van der Waals surface area contributed by atoms with Gasteiger partial charge in [-0.25, -0.2) is 4.79 Å². The van der Waals surface area contributed by atoms with Crippen molar-refractivity contribution in [3.8, 4) is 5.75 Å². The number of ether oxygens (including phenoxy) is 1. The summed E-state index contributed by atoms with van der Waals surface area (Å²) in [5.74, 6) is 0.574. The molecule has 0 amide bonds. The molecule has 1 N–H and O–H groups in total. The summed E-state index contributed by atoms with van der Waals surface area (Å²) in [6.07, 6.45) is 0.715. The molecule has 0 fully saturated rings. The first-order valence-electron chi connectivity index (χ1n) is 6.74. The molecule has 2 aromatic rings. The van der Waals surface area contributed by atoms with Crippen LogP contribution in [0.3, 0.4) is 0 Å². The molecule has 2 heterocycles. The number of para-hydroxylation sites is 1. The van der Waals surface area contributed by atoms with Crippen molar-refractivity contribution in [1.82, 2.24) is 10.1 Å². The van der Waals surface area contributed by atoms with Gasteiger partial charge < -0.3 is 19.3 Å². The van der Waals surface area contributed by atoms with Crippen molar-refractivity contribution in [2.75, 3.05) is 18.1 Å². The first-order valence-corrected chi connectivity index (χ1v) is 6.74. The fourth-order valence-corrected chi connectivity index (χ4v) is 2.30. The Labute approximate surface area is 121 Å². The lowest BCUT2D eigenvalue weighted by molar-refractivity contribution is 0.0692. The van der Waals surface area contributed by atoms with E-state index in [1.165, 1.54) is 6.07 Å². The highest BCUT2D eigenvalue weighted by molar-refractivity contribution is 5.93. The highest BCUT2D eigenvalue weighted by atomic mass is 16.5. The first kappa shape index (κ1) is 13.4. The number of carbonyl (C=O) groups is 1. The molecular formula is C14H15N3O4. The van der Waals surface area contributed by atoms with Crippen molar-refractivity contribution in [3.63, 3.8) is 0 Å². The maximum absolute atomic E-state index is 11.2. The highest BCUT2D eigenvalue weighted by Gasteiger charge is 2.24. The fourth-order valence-electron chi connectivity index (χ4n) is 2.30. The Kier molecular flexibility index (Phi) is 3.47. The van der Waals surface area contributed by atoms with Gasteiger partial charge in [0.1, 0.15) is 12.2 Å². The Morgan fingerprint density at radius 1 is 1.48 bits per heavy atom. The van der Waals surface area contributed by atoms with E-state index in [0.717, 1.165) is 5.69 Å². The largest absolute Gasteiger partial charge is 0.489 e.